The van der Waals surface area contributed by atoms with E-state index in [0.717, 1.165) is 44.2 Å². The molecule has 3 heterocycles. The number of halogens is 1. The fourth-order valence-corrected chi connectivity index (χ4v) is 4.56. The molecule has 0 bridgehead atoms. The van der Waals surface area contributed by atoms with Crippen molar-refractivity contribution in [2.45, 2.75) is 19.8 Å². The molecule has 5 aromatic rings. The molecule has 0 aliphatic rings. The van der Waals surface area contributed by atoms with E-state index in [1.54, 1.807) is 0 Å². The second-order valence-electron chi connectivity index (χ2n) is 7.76. The van der Waals surface area contributed by atoms with Crippen molar-refractivity contribution in [3.05, 3.63) is 71.1 Å². The van der Waals surface area contributed by atoms with Crippen LogP contribution in [-0.4, -0.2) is 26.0 Å². The molecule has 0 aliphatic carbocycles. The number of benzene rings is 2. The smallest absolute Gasteiger partial charge is 0.352 e. The highest BCUT2D eigenvalue weighted by molar-refractivity contribution is 6.35. The summed E-state index contributed by atoms with van der Waals surface area (Å²) in [5.74, 6) is -0.938. The number of carboxylic acids is 1. The molecule has 0 spiro atoms. The van der Waals surface area contributed by atoms with E-state index in [4.69, 9.17) is 11.6 Å². The summed E-state index contributed by atoms with van der Waals surface area (Å²) < 4.78 is 0. The third-order valence-electron chi connectivity index (χ3n) is 5.61. The van der Waals surface area contributed by atoms with Gasteiger partial charge in [0.1, 0.15) is 5.69 Å². The standard InChI is InChI=1S/C24H20ClN3O2/c1-12(2)19-21(20-15-8-10-26-17(15)6-5-16(20)25)23(24(29)30)28-22(19)14-4-3-13-7-9-27-18(13)11-14/h3-12,26-28H,1-2H3,(H,29,30). The first-order valence-corrected chi connectivity index (χ1v) is 10.2. The first-order valence-electron chi connectivity index (χ1n) is 9.78. The maximum atomic E-state index is 12.3. The average Bonchev–Trinajstić information content (AvgIpc) is 3.44. The van der Waals surface area contributed by atoms with Crippen molar-refractivity contribution in [1.82, 2.24) is 15.0 Å². The molecule has 3 aromatic heterocycles. The van der Waals surface area contributed by atoms with Gasteiger partial charge in [0.15, 0.2) is 0 Å². The number of carboxylic acid groups (broad SMARTS) is 1. The van der Waals surface area contributed by atoms with E-state index in [2.05, 4.69) is 28.8 Å². The highest BCUT2D eigenvalue weighted by Gasteiger charge is 2.28. The molecular formula is C24H20ClN3O2. The molecule has 4 N–H and O–H groups in total. The van der Waals surface area contributed by atoms with Crippen molar-refractivity contribution >= 4 is 39.4 Å². The van der Waals surface area contributed by atoms with Gasteiger partial charge in [-0.15, -0.1) is 0 Å². The summed E-state index contributed by atoms with van der Waals surface area (Å²) in [7, 11) is 0. The van der Waals surface area contributed by atoms with Crippen LogP contribution in [0.3, 0.4) is 0 Å². The van der Waals surface area contributed by atoms with Crippen LogP contribution in [0.5, 0.6) is 0 Å². The molecule has 5 rings (SSSR count). The minimum atomic E-state index is -1.01. The maximum Gasteiger partial charge on any atom is 0.352 e. The van der Waals surface area contributed by atoms with Gasteiger partial charge < -0.3 is 20.1 Å². The number of fused-ring (bicyclic) bond motifs is 2. The van der Waals surface area contributed by atoms with Crippen LogP contribution in [-0.2, 0) is 0 Å². The number of rotatable bonds is 4. The molecule has 0 atom stereocenters. The predicted octanol–water partition coefficient (Wildman–Crippen LogP) is 6.79. The summed E-state index contributed by atoms with van der Waals surface area (Å²) in [6.45, 7) is 4.14. The van der Waals surface area contributed by atoms with Gasteiger partial charge in [-0.2, -0.15) is 0 Å². The third-order valence-corrected chi connectivity index (χ3v) is 5.92. The number of aromatic amines is 3. The third kappa shape index (κ3) is 2.74. The van der Waals surface area contributed by atoms with Gasteiger partial charge in [0.2, 0.25) is 0 Å². The number of H-pyrrole nitrogens is 3. The number of aromatic nitrogens is 3. The van der Waals surface area contributed by atoms with E-state index in [-0.39, 0.29) is 11.6 Å². The zero-order valence-corrected chi connectivity index (χ0v) is 17.3. The summed E-state index contributed by atoms with van der Waals surface area (Å²) in [5.41, 5.74) is 6.12. The highest BCUT2D eigenvalue weighted by Crippen LogP contribution is 2.45. The topological polar surface area (TPSA) is 84.7 Å². The Morgan fingerprint density at radius 3 is 2.50 bits per heavy atom. The molecule has 150 valence electrons. The number of hydrogen-bond acceptors (Lipinski definition) is 1. The van der Waals surface area contributed by atoms with E-state index < -0.39 is 5.97 Å². The van der Waals surface area contributed by atoms with Crippen LogP contribution in [0, 0.1) is 0 Å². The van der Waals surface area contributed by atoms with E-state index in [1.165, 1.54) is 0 Å². The molecule has 0 fully saturated rings. The van der Waals surface area contributed by atoms with Crippen LogP contribution in [0.4, 0.5) is 0 Å². The number of aromatic carboxylic acids is 1. The SMILES string of the molecule is CC(C)c1c(-c2ccc3cc[nH]c3c2)[nH]c(C(=O)O)c1-c1c(Cl)ccc2[nH]ccc12. The first kappa shape index (κ1) is 18.6. The summed E-state index contributed by atoms with van der Waals surface area (Å²) >= 11 is 6.64. The fourth-order valence-electron chi connectivity index (χ4n) is 4.30. The van der Waals surface area contributed by atoms with Gasteiger partial charge in [-0.05, 0) is 47.2 Å². The van der Waals surface area contributed by atoms with Crippen LogP contribution in [0.25, 0.3) is 44.2 Å². The number of hydrogen-bond donors (Lipinski definition) is 4. The van der Waals surface area contributed by atoms with E-state index in [1.807, 2.05) is 54.9 Å². The second-order valence-corrected chi connectivity index (χ2v) is 8.17. The number of carbonyl (C=O) groups is 1. The summed E-state index contributed by atoms with van der Waals surface area (Å²) in [5, 5.41) is 12.6. The van der Waals surface area contributed by atoms with Gasteiger partial charge in [-0.3, -0.25) is 0 Å². The molecule has 5 nitrogen and oxygen atoms in total. The predicted molar refractivity (Wildman–Crippen MR) is 121 cm³/mol. The molecule has 0 saturated heterocycles. The van der Waals surface area contributed by atoms with Crippen molar-refractivity contribution in [1.29, 1.82) is 0 Å². The van der Waals surface area contributed by atoms with Crippen LogP contribution in [0.2, 0.25) is 5.02 Å². The monoisotopic (exact) mass is 417 g/mol. The normalized spacial score (nSPS) is 11.7. The highest BCUT2D eigenvalue weighted by atomic mass is 35.5. The maximum absolute atomic E-state index is 12.3. The Bertz CT molecular complexity index is 1420. The molecule has 0 amide bonds. The molecule has 2 aromatic carbocycles. The first-order chi connectivity index (χ1) is 14.5. The average molecular weight is 418 g/mol. The fraction of sp³-hybridized carbons (Fsp3) is 0.125. The molecule has 6 heteroatoms. The van der Waals surface area contributed by atoms with Gasteiger partial charge in [0, 0.05) is 50.5 Å². The lowest BCUT2D eigenvalue weighted by Crippen LogP contribution is -2.00. The van der Waals surface area contributed by atoms with Gasteiger partial charge in [-0.25, -0.2) is 4.79 Å². The Kier molecular flexibility index (Phi) is 4.22. The van der Waals surface area contributed by atoms with Crippen molar-refractivity contribution in [2.24, 2.45) is 0 Å². The largest absolute Gasteiger partial charge is 0.477 e. The molecule has 0 saturated carbocycles. The zero-order valence-electron chi connectivity index (χ0n) is 16.5. The van der Waals surface area contributed by atoms with Crippen molar-refractivity contribution in [3.8, 4) is 22.4 Å². The molecule has 30 heavy (non-hydrogen) atoms. The van der Waals surface area contributed by atoms with E-state index >= 15 is 0 Å². The van der Waals surface area contributed by atoms with Crippen LogP contribution < -0.4 is 0 Å². The van der Waals surface area contributed by atoms with Crippen molar-refractivity contribution in [2.75, 3.05) is 0 Å². The minimum absolute atomic E-state index is 0.0731. The second kappa shape index (κ2) is 6.82. The summed E-state index contributed by atoms with van der Waals surface area (Å²) in [6, 6.07) is 13.8. The van der Waals surface area contributed by atoms with Gasteiger partial charge in [-0.1, -0.05) is 37.6 Å². The molecule has 0 radical (unpaired) electrons. The lowest BCUT2D eigenvalue weighted by atomic mass is 9.89. The Hall–Kier alpha value is -3.44. The Labute approximate surface area is 177 Å². The summed E-state index contributed by atoms with van der Waals surface area (Å²) in [4.78, 5) is 21.9. The Balaban J connectivity index is 1.88. The van der Waals surface area contributed by atoms with Crippen molar-refractivity contribution in [3.63, 3.8) is 0 Å². The van der Waals surface area contributed by atoms with Crippen LogP contribution in [0.1, 0.15) is 35.8 Å². The van der Waals surface area contributed by atoms with Gasteiger partial charge in [0.05, 0.1) is 5.69 Å². The quantitative estimate of drug-likeness (QED) is 0.259. The number of nitrogens with one attached hydrogen (secondary N) is 3. The lowest BCUT2D eigenvalue weighted by molar-refractivity contribution is 0.0692. The minimum Gasteiger partial charge on any atom is -0.477 e. The lowest BCUT2D eigenvalue weighted by Gasteiger charge is -2.14. The van der Waals surface area contributed by atoms with Gasteiger partial charge >= 0.3 is 5.97 Å². The van der Waals surface area contributed by atoms with Crippen molar-refractivity contribution < 1.29 is 9.90 Å². The molecular weight excluding hydrogens is 398 g/mol. The zero-order chi connectivity index (χ0) is 21.0. The Morgan fingerprint density at radius 2 is 1.73 bits per heavy atom. The van der Waals surface area contributed by atoms with E-state index in [0.29, 0.717) is 10.6 Å². The van der Waals surface area contributed by atoms with Gasteiger partial charge in [0.25, 0.3) is 0 Å². The van der Waals surface area contributed by atoms with Crippen LogP contribution in [0.15, 0.2) is 54.9 Å². The van der Waals surface area contributed by atoms with Crippen LogP contribution >= 0.6 is 11.6 Å². The molecule has 0 unspecified atom stereocenters. The Morgan fingerprint density at radius 1 is 0.967 bits per heavy atom. The summed E-state index contributed by atoms with van der Waals surface area (Å²) in [6.07, 6.45) is 3.74. The molecule has 0 aliphatic heterocycles. The van der Waals surface area contributed by atoms with E-state index in [9.17, 15) is 9.90 Å².